The predicted octanol–water partition coefficient (Wildman–Crippen LogP) is 5.28. The molecule has 37 heavy (non-hydrogen) atoms. The average Bonchev–Trinajstić information content (AvgIpc) is 2.88. The fraction of sp³-hybridized carbons (Fsp3) is 0.286. The summed E-state index contributed by atoms with van der Waals surface area (Å²) in [5.41, 5.74) is 6.86. The van der Waals surface area contributed by atoms with Crippen LogP contribution in [0.1, 0.15) is 27.0 Å². The van der Waals surface area contributed by atoms with Crippen LogP contribution in [0.4, 0.5) is 5.69 Å². The van der Waals surface area contributed by atoms with Crippen molar-refractivity contribution >= 4 is 41.0 Å². The molecule has 9 heteroatoms. The van der Waals surface area contributed by atoms with E-state index in [2.05, 4.69) is 32.5 Å². The second kappa shape index (κ2) is 12.3. The quantitative estimate of drug-likeness (QED) is 0.300. The van der Waals surface area contributed by atoms with Crippen LogP contribution in [0.5, 0.6) is 11.5 Å². The number of benzene rings is 3. The Morgan fingerprint density at radius 1 is 1.03 bits per heavy atom. The molecule has 1 aliphatic rings. The maximum absolute atomic E-state index is 12.2. The number of phenolic OH excluding ortho intramolecular Hbond substituents is 1. The zero-order chi connectivity index (χ0) is 26.4. The van der Waals surface area contributed by atoms with E-state index >= 15 is 0 Å². The Morgan fingerprint density at radius 2 is 1.70 bits per heavy atom. The zero-order valence-electron chi connectivity index (χ0n) is 20.9. The molecule has 7 nitrogen and oxygen atoms in total. The van der Waals surface area contributed by atoms with E-state index in [1.54, 1.807) is 6.21 Å². The van der Waals surface area contributed by atoms with Crippen molar-refractivity contribution in [3.63, 3.8) is 0 Å². The van der Waals surface area contributed by atoms with Crippen molar-refractivity contribution in [1.29, 1.82) is 0 Å². The molecule has 4 rings (SSSR count). The number of hydrazone groups is 1. The number of aryl methyl sites for hydroxylation is 2. The predicted molar refractivity (Wildman–Crippen MR) is 150 cm³/mol. The summed E-state index contributed by atoms with van der Waals surface area (Å²) in [7, 11) is 0. The number of anilines is 1. The Balaban J connectivity index is 1.25. The van der Waals surface area contributed by atoms with Crippen molar-refractivity contribution in [1.82, 2.24) is 10.3 Å². The van der Waals surface area contributed by atoms with Gasteiger partial charge in [0.25, 0.3) is 5.91 Å². The molecule has 1 heterocycles. The number of ether oxygens (including phenoxy) is 1. The Bertz CT molecular complexity index is 1250. The highest BCUT2D eigenvalue weighted by atomic mass is 35.5. The second-order valence-electron chi connectivity index (χ2n) is 9.00. The lowest BCUT2D eigenvalue weighted by Crippen LogP contribution is -2.47. The van der Waals surface area contributed by atoms with Gasteiger partial charge in [-0.05, 0) is 85.1 Å². The SMILES string of the molecule is Cc1cc(/C=N\NC(=O)c2ccc(O)c(Cl)c2)cc(C)c1OCCN1CCN(c2ccc(Cl)cc2)CC1. The number of phenols is 1. The molecule has 3 aromatic carbocycles. The van der Waals surface area contributed by atoms with Crippen LogP contribution in [0.2, 0.25) is 10.0 Å². The largest absolute Gasteiger partial charge is 0.506 e. The molecule has 1 fully saturated rings. The summed E-state index contributed by atoms with van der Waals surface area (Å²) in [6, 6.07) is 16.2. The molecule has 1 amide bonds. The molecule has 2 N–H and O–H groups in total. The van der Waals surface area contributed by atoms with Crippen LogP contribution in [-0.2, 0) is 0 Å². The van der Waals surface area contributed by atoms with Crippen LogP contribution in [0.25, 0.3) is 0 Å². The van der Waals surface area contributed by atoms with Gasteiger partial charge in [-0.1, -0.05) is 23.2 Å². The van der Waals surface area contributed by atoms with Crippen molar-refractivity contribution < 1.29 is 14.6 Å². The van der Waals surface area contributed by atoms with Gasteiger partial charge in [0.1, 0.15) is 18.1 Å². The van der Waals surface area contributed by atoms with E-state index in [9.17, 15) is 9.90 Å². The van der Waals surface area contributed by atoms with E-state index < -0.39 is 5.91 Å². The lowest BCUT2D eigenvalue weighted by Gasteiger charge is -2.36. The third-order valence-electron chi connectivity index (χ3n) is 6.29. The summed E-state index contributed by atoms with van der Waals surface area (Å²) < 4.78 is 6.15. The highest BCUT2D eigenvalue weighted by molar-refractivity contribution is 6.32. The monoisotopic (exact) mass is 540 g/mol. The number of rotatable bonds is 8. The van der Waals surface area contributed by atoms with Crippen molar-refractivity contribution in [3.8, 4) is 11.5 Å². The lowest BCUT2D eigenvalue weighted by molar-refractivity contribution is 0.0955. The van der Waals surface area contributed by atoms with Gasteiger partial charge in [0.15, 0.2) is 0 Å². The number of piperazine rings is 1. The maximum atomic E-state index is 12.2. The summed E-state index contributed by atoms with van der Waals surface area (Å²) in [4.78, 5) is 17.0. The topological polar surface area (TPSA) is 77.4 Å². The minimum absolute atomic E-state index is 0.0771. The highest BCUT2D eigenvalue weighted by Gasteiger charge is 2.17. The molecule has 0 spiro atoms. The summed E-state index contributed by atoms with van der Waals surface area (Å²) in [6.07, 6.45) is 1.59. The van der Waals surface area contributed by atoms with Crippen LogP contribution < -0.4 is 15.1 Å². The number of hydrogen-bond donors (Lipinski definition) is 2. The summed E-state index contributed by atoms with van der Waals surface area (Å²) in [5.74, 6) is 0.381. The van der Waals surface area contributed by atoms with E-state index in [1.807, 2.05) is 38.1 Å². The van der Waals surface area contributed by atoms with Gasteiger partial charge in [0, 0.05) is 49.0 Å². The van der Waals surface area contributed by atoms with E-state index in [0.29, 0.717) is 12.2 Å². The van der Waals surface area contributed by atoms with Crippen molar-refractivity contribution in [3.05, 3.63) is 86.9 Å². The van der Waals surface area contributed by atoms with Crippen LogP contribution in [0.3, 0.4) is 0 Å². The van der Waals surface area contributed by atoms with Crippen LogP contribution in [0.15, 0.2) is 59.7 Å². The molecule has 0 aromatic heterocycles. The number of carbonyl (C=O) groups is 1. The fourth-order valence-corrected chi connectivity index (χ4v) is 4.63. The smallest absolute Gasteiger partial charge is 0.271 e. The number of amides is 1. The molecule has 1 aliphatic heterocycles. The first-order valence-electron chi connectivity index (χ1n) is 12.1. The first kappa shape index (κ1) is 26.8. The first-order chi connectivity index (χ1) is 17.8. The Morgan fingerprint density at radius 3 is 2.35 bits per heavy atom. The standard InChI is InChI=1S/C28H30Cl2N4O3/c1-19-15-21(18-31-32-28(36)22-3-8-26(35)25(30)17-22)16-20(2)27(19)37-14-13-33-9-11-34(12-10-33)24-6-4-23(29)5-7-24/h3-8,15-18,35H,9-14H2,1-2H3,(H,32,36)/b31-18-. The van der Waals surface area contributed by atoms with Gasteiger partial charge in [-0.15, -0.1) is 0 Å². The number of aromatic hydroxyl groups is 1. The van der Waals surface area contributed by atoms with Crippen molar-refractivity contribution in [2.75, 3.05) is 44.2 Å². The Kier molecular flexibility index (Phi) is 8.92. The molecule has 3 aromatic rings. The normalized spacial score (nSPS) is 14.2. The third-order valence-corrected chi connectivity index (χ3v) is 6.84. The van der Waals surface area contributed by atoms with Crippen LogP contribution in [-0.4, -0.2) is 61.5 Å². The highest BCUT2D eigenvalue weighted by Crippen LogP contribution is 2.25. The van der Waals surface area contributed by atoms with Gasteiger partial charge in [-0.2, -0.15) is 5.10 Å². The Labute approximate surface area is 227 Å². The number of halogens is 2. The minimum Gasteiger partial charge on any atom is -0.506 e. The van der Waals surface area contributed by atoms with E-state index in [-0.39, 0.29) is 10.8 Å². The summed E-state index contributed by atoms with van der Waals surface area (Å²) >= 11 is 11.9. The first-order valence-corrected chi connectivity index (χ1v) is 12.8. The number of nitrogens with one attached hydrogen (secondary N) is 1. The van der Waals surface area contributed by atoms with Gasteiger partial charge in [-0.25, -0.2) is 5.43 Å². The molecule has 0 atom stereocenters. The summed E-state index contributed by atoms with van der Waals surface area (Å²) in [6.45, 7) is 9.41. The zero-order valence-corrected chi connectivity index (χ0v) is 22.4. The number of carbonyl (C=O) groups excluding carboxylic acids is 1. The number of hydrogen-bond acceptors (Lipinski definition) is 6. The van der Waals surface area contributed by atoms with Crippen LogP contribution >= 0.6 is 23.2 Å². The molecular formula is C28H30Cl2N4O3. The Hall–Kier alpha value is -3.26. The summed E-state index contributed by atoms with van der Waals surface area (Å²) in [5, 5.41) is 14.4. The minimum atomic E-state index is -0.416. The van der Waals surface area contributed by atoms with Gasteiger partial charge >= 0.3 is 0 Å². The molecule has 0 aliphatic carbocycles. The molecule has 0 bridgehead atoms. The van der Waals surface area contributed by atoms with E-state index in [0.717, 1.165) is 60.2 Å². The van der Waals surface area contributed by atoms with E-state index in [1.165, 1.54) is 23.9 Å². The van der Waals surface area contributed by atoms with Gasteiger partial charge in [0.05, 0.1) is 11.2 Å². The third kappa shape index (κ3) is 7.16. The van der Waals surface area contributed by atoms with Crippen molar-refractivity contribution in [2.24, 2.45) is 5.10 Å². The average molecular weight is 541 g/mol. The lowest BCUT2D eigenvalue weighted by atomic mass is 10.1. The second-order valence-corrected chi connectivity index (χ2v) is 9.85. The van der Waals surface area contributed by atoms with Gasteiger partial charge in [0.2, 0.25) is 0 Å². The molecule has 194 valence electrons. The maximum Gasteiger partial charge on any atom is 0.271 e. The molecule has 0 radical (unpaired) electrons. The van der Waals surface area contributed by atoms with Crippen LogP contribution in [0, 0.1) is 13.8 Å². The van der Waals surface area contributed by atoms with Gasteiger partial charge < -0.3 is 14.7 Å². The van der Waals surface area contributed by atoms with E-state index in [4.69, 9.17) is 27.9 Å². The fourth-order valence-electron chi connectivity index (χ4n) is 4.32. The molecule has 0 saturated carbocycles. The molecule has 1 saturated heterocycles. The van der Waals surface area contributed by atoms with Crippen molar-refractivity contribution in [2.45, 2.75) is 13.8 Å². The molecule has 0 unspecified atom stereocenters. The van der Waals surface area contributed by atoms with Gasteiger partial charge in [-0.3, -0.25) is 9.69 Å². The molecular weight excluding hydrogens is 511 g/mol. The number of nitrogens with zero attached hydrogens (tertiary/aromatic N) is 3.